The molecule has 0 aromatic carbocycles. The normalized spacial score (nSPS) is 44.6. The Bertz CT molecular complexity index is 670. The monoisotopic (exact) mass is 541 g/mol. The summed E-state index contributed by atoms with van der Waals surface area (Å²) in [6, 6.07) is 0. The lowest BCUT2D eigenvalue weighted by Crippen LogP contribution is -2.42. The molecule has 5 aliphatic carbocycles. The summed E-state index contributed by atoms with van der Waals surface area (Å²) in [6.07, 6.45) is 28.9. The summed E-state index contributed by atoms with van der Waals surface area (Å²) >= 11 is 0. The first-order valence-corrected chi connectivity index (χ1v) is 18.9. The third-order valence-corrected chi connectivity index (χ3v) is 13.9. The molecule has 0 aliphatic heterocycles. The van der Waals surface area contributed by atoms with Crippen LogP contribution in [0.25, 0.3) is 0 Å². The molecule has 0 N–H and O–H groups in total. The van der Waals surface area contributed by atoms with Crippen molar-refractivity contribution in [3.05, 3.63) is 0 Å². The Balaban J connectivity index is 0.000000193. The van der Waals surface area contributed by atoms with E-state index in [1.807, 2.05) is 0 Å². The molecule has 5 fully saturated rings. The zero-order valence-corrected chi connectivity index (χ0v) is 27.9. The third kappa shape index (κ3) is 8.09. The number of unbranched alkanes of at least 4 members (excludes halogenated alkanes) is 1. The topological polar surface area (TPSA) is 0 Å². The second kappa shape index (κ2) is 15.5. The van der Waals surface area contributed by atoms with Crippen molar-refractivity contribution in [2.45, 2.75) is 170 Å². The molecule has 0 radical (unpaired) electrons. The highest BCUT2D eigenvalue weighted by Gasteiger charge is 2.47. The van der Waals surface area contributed by atoms with Crippen molar-refractivity contribution in [2.24, 2.45) is 76.9 Å². The molecule has 0 heteroatoms. The Kier molecular flexibility index (Phi) is 12.7. The average molecular weight is 541 g/mol. The molecule has 0 nitrogen and oxygen atoms in total. The van der Waals surface area contributed by atoms with E-state index in [9.17, 15) is 0 Å². The van der Waals surface area contributed by atoms with Crippen LogP contribution in [0.2, 0.25) is 0 Å². The number of hydrogen-bond acceptors (Lipinski definition) is 0. The highest BCUT2D eigenvalue weighted by molar-refractivity contribution is 4.97. The molecule has 0 bridgehead atoms. The minimum absolute atomic E-state index is 0.913. The van der Waals surface area contributed by atoms with Crippen LogP contribution < -0.4 is 0 Å². The molecule has 5 rings (SSSR count). The Labute approximate surface area is 247 Å². The number of fused-ring (bicyclic) bond motifs is 1. The van der Waals surface area contributed by atoms with Gasteiger partial charge in [0.15, 0.2) is 0 Å². The van der Waals surface area contributed by atoms with Gasteiger partial charge in [0.05, 0.1) is 0 Å². The zero-order valence-electron chi connectivity index (χ0n) is 27.9. The standard InChI is InChI=1S/C23H42.C16H30/c1-5-6-9-21-17(4)15-20-8-7-10-22(20)23(21)19-13-11-18(12-14-19)16(2)3;1-4-13-7-9-16(14(5-2)11-13)15-8-6-12(3)10-15/h16-23H,5-15H2,1-4H3;12-16H,4-11H2,1-3H3. The molecule has 0 heterocycles. The lowest BCUT2D eigenvalue weighted by atomic mass is 9.56. The summed E-state index contributed by atoms with van der Waals surface area (Å²) in [5, 5.41) is 0. The lowest BCUT2D eigenvalue weighted by molar-refractivity contribution is -0.00486. The van der Waals surface area contributed by atoms with E-state index < -0.39 is 0 Å². The van der Waals surface area contributed by atoms with Crippen molar-refractivity contribution in [3.8, 4) is 0 Å². The van der Waals surface area contributed by atoms with E-state index in [0.29, 0.717) is 0 Å². The van der Waals surface area contributed by atoms with Crippen molar-refractivity contribution >= 4 is 0 Å². The van der Waals surface area contributed by atoms with Crippen LogP contribution in [0, 0.1) is 76.9 Å². The molecule has 0 aromatic rings. The van der Waals surface area contributed by atoms with Crippen LogP contribution in [0.1, 0.15) is 170 Å². The molecule has 228 valence electrons. The molecule has 39 heavy (non-hydrogen) atoms. The fraction of sp³-hybridized carbons (Fsp3) is 1.00. The van der Waals surface area contributed by atoms with E-state index in [1.165, 1.54) is 64.2 Å². The van der Waals surface area contributed by atoms with Crippen LogP contribution in [-0.4, -0.2) is 0 Å². The van der Waals surface area contributed by atoms with Gasteiger partial charge in [0, 0.05) is 0 Å². The Morgan fingerprint density at radius 3 is 1.97 bits per heavy atom. The second-order valence-electron chi connectivity index (χ2n) is 16.5. The van der Waals surface area contributed by atoms with Crippen molar-refractivity contribution in [1.29, 1.82) is 0 Å². The van der Waals surface area contributed by atoms with Crippen molar-refractivity contribution in [2.75, 3.05) is 0 Å². The number of rotatable bonds is 8. The molecule has 0 spiro atoms. The molecular weight excluding hydrogens is 468 g/mol. The maximum Gasteiger partial charge on any atom is -0.0324 e. The van der Waals surface area contributed by atoms with Gasteiger partial charge in [-0.15, -0.1) is 0 Å². The third-order valence-electron chi connectivity index (χ3n) is 13.9. The fourth-order valence-electron chi connectivity index (χ4n) is 11.5. The molecule has 5 aliphatic rings. The highest BCUT2D eigenvalue weighted by atomic mass is 14.5. The number of hydrogen-bond donors (Lipinski definition) is 0. The zero-order chi connectivity index (χ0) is 27.9. The van der Waals surface area contributed by atoms with Crippen molar-refractivity contribution < 1.29 is 0 Å². The highest BCUT2D eigenvalue weighted by Crippen LogP contribution is 2.56. The van der Waals surface area contributed by atoms with Crippen LogP contribution >= 0.6 is 0 Å². The van der Waals surface area contributed by atoms with E-state index in [4.69, 9.17) is 0 Å². The van der Waals surface area contributed by atoms with Gasteiger partial charge in [0.1, 0.15) is 0 Å². The van der Waals surface area contributed by atoms with Gasteiger partial charge in [-0.25, -0.2) is 0 Å². The Morgan fingerprint density at radius 1 is 0.641 bits per heavy atom. The molecular formula is C39H72. The predicted molar refractivity (Wildman–Crippen MR) is 173 cm³/mol. The molecule has 0 saturated heterocycles. The quantitative estimate of drug-likeness (QED) is 0.287. The molecule has 0 amide bonds. The summed E-state index contributed by atoms with van der Waals surface area (Å²) < 4.78 is 0. The summed E-state index contributed by atoms with van der Waals surface area (Å²) in [7, 11) is 0. The van der Waals surface area contributed by atoms with E-state index in [-0.39, 0.29) is 0 Å². The van der Waals surface area contributed by atoms with E-state index >= 15 is 0 Å². The smallest absolute Gasteiger partial charge is 0.0324 e. The van der Waals surface area contributed by atoms with Crippen LogP contribution in [-0.2, 0) is 0 Å². The maximum absolute atomic E-state index is 2.61. The van der Waals surface area contributed by atoms with Crippen molar-refractivity contribution in [1.82, 2.24) is 0 Å². The van der Waals surface area contributed by atoms with Crippen LogP contribution in [0.3, 0.4) is 0 Å². The van der Waals surface area contributed by atoms with Gasteiger partial charge >= 0.3 is 0 Å². The van der Waals surface area contributed by atoms with Gasteiger partial charge in [0.2, 0.25) is 0 Å². The summed E-state index contributed by atoms with van der Waals surface area (Å²) in [5.41, 5.74) is 0. The average Bonchev–Trinajstić information content (AvgIpc) is 3.60. The van der Waals surface area contributed by atoms with Crippen LogP contribution in [0.4, 0.5) is 0 Å². The molecule has 0 aromatic heterocycles. The SMILES string of the molecule is CCC1CCC(C2CCC(C)C2)C(CC)C1.CCCCC1C(C)CC2CCCC2C1C1CCC(C(C)C)CC1. The summed E-state index contributed by atoms with van der Waals surface area (Å²) in [6.45, 7) is 17.2. The first-order chi connectivity index (χ1) is 18.9. The Hall–Kier alpha value is 0. The van der Waals surface area contributed by atoms with Crippen molar-refractivity contribution in [3.63, 3.8) is 0 Å². The van der Waals surface area contributed by atoms with Gasteiger partial charge in [0.25, 0.3) is 0 Å². The molecule has 10 atom stereocenters. The minimum Gasteiger partial charge on any atom is -0.0654 e. The van der Waals surface area contributed by atoms with E-state index in [0.717, 1.165) is 76.9 Å². The van der Waals surface area contributed by atoms with Gasteiger partial charge in [-0.1, -0.05) is 99.8 Å². The predicted octanol–water partition coefficient (Wildman–Crippen LogP) is 12.6. The van der Waals surface area contributed by atoms with Gasteiger partial charge < -0.3 is 0 Å². The first kappa shape index (κ1) is 31.9. The largest absolute Gasteiger partial charge is 0.0654 e. The minimum atomic E-state index is 0.913. The first-order valence-electron chi connectivity index (χ1n) is 18.9. The van der Waals surface area contributed by atoms with Gasteiger partial charge in [-0.05, 0) is 148 Å². The summed E-state index contributed by atoms with van der Waals surface area (Å²) in [4.78, 5) is 0. The van der Waals surface area contributed by atoms with E-state index in [2.05, 4.69) is 48.5 Å². The fourth-order valence-corrected chi connectivity index (χ4v) is 11.5. The van der Waals surface area contributed by atoms with E-state index in [1.54, 1.807) is 57.8 Å². The van der Waals surface area contributed by atoms with Crippen LogP contribution in [0.5, 0.6) is 0 Å². The lowest BCUT2D eigenvalue weighted by Gasteiger charge is -2.50. The molecule has 10 unspecified atom stereocenters. The Morgan fingerprint density at radius 2 is 1.36 bits per heavy atom. The summed E-state index contributed by atoms with van der Waals surface area (Å²) in [5.74, 6) is 13.8. The van der Waals surface area contributed by atoms with Crippen LogP contribution in [0.15, 0.2) is 0 Å². The van der Waals surface area contributed by atoms with Gasteiger partial charge in [-0.2, -0.15) is 0 Å². The maximum atomic E-state index is 2.61. The van der Waals surface area contributed by atoms with Gasteiger partial charge in [-0.3, -0.25) is 0 Å². The molecule has 5 saturated carbocycles. The second-order valence-corrected chi connectivity index (χ2v) is 16.5.